The van der Waals surface area contributed by atoms with Gasteiger partial charge in [-0.05, 0) is 35.4 Å². The summed E-state index contributed by atoms with van der Waals surface area (Å²) in [5, 5.41) is 0. The van der Waals surface area contributed by atoms with Gasteiger partial charge in [0.05, 0.1) is 16.7 Å². The monoisotopic (exact) mass is 348 g/mol. The molecule has 0 aliphatic rings. The summed E-state index contributed by atoms with van der Waals surface area (Å²) in [5.74, 6) is 0. The minimum atomic E-state index is -4.49. The molecule has 0 unspecified atom stereocenters. The van der Waals surface area contributed by atoms with Gasteiger partial charge in [0.1, 0.15) is 0 Å². The number of halogens is 6. The third kappa shape index (κ3) is 3.54. The maximum absolute atomic E-state index is 12.6. The summed E-state index contributed by atoms with van der Waals surface area (Å²) >= 11 is 0. The molecule has 0 saturated heterocycles. The molecule has 0 aliphatic heterocycles. The van der Waals surface area contributed by atoms with Crippen molar-refractivity contribution in [2.75, 3.05) is 6.54 Å². The molecule has 0 amide bonds. The van der Waals surface area contributed by atoms with Gasteiger partial charge < -0.3 is 11.5 Å². The first-order valence-corrected chi connectivity index (χ1v) is 6.83. The van der Waals surface area contributed by atoms with Gasteiger partial charge in [0.15, 0.2) is 0 Å². The summed E-state index contributed by atoms with van der Waals surface area (Å²) in [6, 6.07) is 8.13. The molecule has 0 radical (unpaired) electrons. The molecule has 0 aliphatic carbocycles. The highest BCUT2D eigenvalue weighted by Gasteiger charge is 2.34. The van der Waals surface area contributed by atoms with Crippen LogP contribution in [0.3, 0.4) is 0 Å². The van der Waals surface area contributed by atoms with Gasteiger partial charge in [-0.2, -0.15) is 26.3 Å². The molecule has 0 saturated carbocycles. The van der Waals surface area contributed by atoms with Crippen LogP contribution in [-0.4, -0.2) is 6.54 Å². The van der Waals surface area contributed by atoms with Crippen LogP contribution in [0, 0.1) is 0 Å². The van der Waals surface area contributed by atoms with E-state index >= 15 is 0 Å². The predicted octanol–water partition coefficient (Wildman–Crippen LogP) is 3.89. The summed E-state index contributed by atoms with van der Waals surface area (Å²) in [6.07, 6.45) is -8.99. The highest BCUT2D eigenvalue weighted by Crippen LogP contribution is 2.34. The van der Waals surface area contributed by atoms with Crippen molar-refractivity contribution < 1.29 is 26.3 Å². The highest BCUT2D eigenvalue weighted by atomic mass is 19.4. The lowest BCUT2D eigenvalue weighted by Crippen LogP contribution is -2.45. The van der Waals surface area contributed by atoms with Crippen molar-refractivity contribution in [1.29, 1.82) is 0 Å². The minimum absolute atomic E-state index is 0.191. The topological polar surface area (TPSA) is 52.0 Å². The van der Waals surface area contributed by atoms with Crippen LogP contribution in [0.1, 0.15) is 22.3 Å². The molecular weight excluding hydrogens is 334 g/mol. The molecule has 0 bridgehead atoms. The Morgan fingerprint density at radius 3 is 1.04 bits per heavy atom. The molecule has 2 rings (SSSR count). The average Bonchev–Trinajstić information content (AvgIpc) is 2.53. The average molecular weight is 348 g/mol. The van der Waals surface area contributed by atoms with Gasteiger partial charge in [0.25, 0.3) is 0 Å². The van der Waals surface area contributed by atoms with Crippen LogP contribution in [0.2, 0.25) is 0 Å². The Morgan fingerprint density at radius 1 is 0.583 bits per heavy atom. The lowest BCUT2D eigenvalue weighted by atomic mass is 9.83. The van der Waals surface area contributed by atoms with Gasteiger partial charge in [-0.1, -0.05) is 24.3 Å². The number of benzene rings is 2. The molecule has 130 valence electrons. The van der Waals surface area contributed by atoms with E-state index in [1.54, 1.807) is 0 Å². The Morgan fingerprint density at radius 2 is 0.833 bits per heavy atom. The number of nitrogens with two attached hydrogens (primary N) is 2. The molecule has 24 heavy (non-hydrogen) atoms. The van der Waals surface area contributed by atoms with E-state index in [0.717, 1.165) is 24.3 Å². The third-order valence-electron chi connectivity index (χ3n) is 3.78. The predicted molar refractivity (Wildman–Crippen MR) is 76.9 cm³/mol. The SMILES string of the molecule is NCC(N)(c1ccc(C(F)(F)F)cc1)c1ccc(C(F)(F)F)cc1. The second-order valence-corrected chi connectivity index (χ2v) is 5.33. The smallest absolute Gasteiger partial charge is 0.328 e. The normalized spacial score (nSPS) is 13.2. The Bertz CT molecular complexity index is 629. The summed E-state index contributed by atoms with van der Waals surface area (Å²) in [5.41, 5.74) is 9.28. The Labute approximate surface area is 134 Å². The van der Waals surface area contributed by atoms with Crippen molar-refractivity contribution in [3.05, 3.63) is 70.8 Å². The lowest BCUT2D eigenvalue weighted by Gasteiger charge is -2.29. The van der Waals surface area contributed by atoms with Gasteiger partial charge in [-0.25, -0.2) is 0 Å². The second-order valence-electron chi connectivity index (χ2n) is 5.33. The molecule has 2 aromatic rings. The summed E-state index contributed by atoms with van der Waals surface area (Å²) in [4.78, 5) is 0. The van der Waals surface area contributed by atoms with Crippen LogP contribution < -0.4 is 11.5 Å². The standard InChI is InChI=1S/C16H14F6N2/c17-15(18,19)12-5-1-10(2-6-12)14(24,9-23)11-3-7-13(8-4-11)16(20,21)22/h1-8H,9,23-24H2. The zero-order valence-electron chi connectivity index (χ0n) is 12.2. The fourth-order valence-electron chi connectivity index (χ4n) is 2.32. The molecule has 0 fully saturated rings. The van der Waals surface area contributed by atoms with Crippen molar-refractivity contribution >= 4 is 0 Å². The van der Waals surface area contributed by atoms with Crippen molar-refractivity contribution in [3.63, 3.8) is 0 Å². The number of alkyl halides is 6. The Kier molecular flexibility index (Phi) is 4.65. The van der Waals surface area contributed by atoms with Crippen molar-refractivity contribution in [2.24, 2.45) is 11.5 Å². The number of hydrogen-bond acceptors (Lipinski definition) is 2. The molecule has 2 nitrogen and oxygen atoms in total. The maximum atomic E-state index is 12.6. The fourth-order valence-corrected chi connectivity index (χ4v) is 2.32. The van der Waals surface area contributed by atoms with E-state index in [1.165, 1.54) is 24.3 Å². The van der Waals surface area contributed by atoms with Crippen LogP contribution in [0.5, 0.6) is 0 Å². The fraction of sp³-hybridized carbons (Fsp3) is 0.250. The van der Waals surface area contributed by atoms with E-state index in [9.17, 15) is 26.3 Å². The van der Waals surface area contributed by atoms with E-state index in [2.05, 4.69) is 0 Å². The number of rotatable bonds is 3. The van der Waals surface area contributed by atoms with E-state index in [0.29, 0.717) is 0 Å². The van der Waals surface area contributed by atoms with Gasteiger partial charge in [-0.15, -0.1) is 0 Å². The molecule has 0 atom stereocenters. The first-order valence-electron chi connectivity index (χ1n) is 6.83. The van der Waals surface area contributed by atoms with Crippen LogP contribution >= 0.6 is 0 Å². The molecule has 0 heterocycles. The first-order chi connectivity index (χ1) is 11.0. The molecule has 4 N–H and O–H groups in total. The summed E-state index contributed by atoms with van der Waals surface area (Å²) < 4.78 is 75.7. The van der Waals surface area contributed by atoms with Crippen LogP contribution in [0.25, 0.3) is 0 Å². The molecule has 2 aromatic carbocycles. The largest absolute Gasteiger partial charge is 0.416 e. The quantitative estimate of drug-likeness (QED) is 0.827. The van der Waals surface area contributed by atoms with Gasteiger partial charge in [0.2, 0.25) is 0 Å². The Balaban J connectivity index is 2.41. The van der Waals surface area contributed by atoms with E-state index in [4.69, 9.17) is 11.5 Å². The van der Waals surface area contributed by atoms with E-state index in [1.807, 2.05) is 0 Å². The minimum Gasteiger partial charge on any atom is -0.328 e. The Hall–Kier alpha value is -2.06. The second kappa shape index (κ2) is 6.10. The van der Waals surface area contributed by atoms with Gasteiger partial charge in [-0.3, -0.25) is 0 Å². The third-order valence-corrected chi connectivity index (χ3v) is 3.78. The van der Waals surface area contributed by atoms with Gasteiger partial charge in [0, 0.05) is 6.54 Å². The first kappa shape index (κ1) is 18.3. The van der Waals surface area contributed by atoms with E-state index < -0.39 is 29.0 Å². The summed E-state index contributed by atoms with van der Waals surface area (Å²) in [7, 11) is 0. The zero-order valence-corrected chi connectivity index (χ0v) is 12.2. The molecular formula is C16H14F6N2. The number of hydrogen-bond donors (Lipinski definition) is 2. The van der Waals surface area contributed by atoms with Crippen LogP contribution in [0.15, 0.2) is 48.5 Å². The molecule has 0 spiro atoms. The van der Waals surface area contributed by atoms with Crippen LogP contribution in [-0.2, 0) is 17.9 Å². The van der Waals surface area contributed by atoms with Gasteiger partial charge >= 0.3 is 12.4 Å². The molecule has 0 aromatic heterocycles. The van der Waals surface area contributed by atoms with E-state index in [-0.39, 0.29) is 17.7 Å². The zero-order chi connectivity index (χ0) is 18.2. The van der Waals surface area contributed by atoms with Crippen molar-refractivity contribution in [2.45, 2.75) is 17.9 Å². The highest BCUT2D eigenvalue weighted by molar-refractivity contribution is 5.41. The van der Waals surface area contributed by atoms with Crippen molar-refractivity contribution in [3.8, 4) is 0 Å². The summed E-state index contributed by atoms with van der Waals surface area (Å²) in [6.45, 7) is -0.191. The van der Waals surface area contributed by atoms with Crippen LogP contribution in [0.4, 0.5) is 26.3 Å². The lowest BCUT2D eigenvalue weighted by molar-refractivity contribution is -0.138. The maximum Gasteiger partial charge on any atom is 0.416 e. The molecule has 8 heteroatoms. The van der Waals surface area contributed by atoms with Crippen molar-refractivity contribution in [1.82, 2.24) is 0 Å².